The summed E-state index contributed by atoms with van der Waals surface area (Å²) in [6.07, 6.45) is 2.53. The second-order valence-corrected chi connectivity index (χ2v) is 4.58. The molecule has 1 amide bonds. The van der Waals surface area contributed by atoms with Gasteiger partial charge in [-0.3, -0.25) is 4.79 Å². The Morgan fingerprint density at radius 3 is 2.93 bits per heavy atom. The Bertz CT molecular complexity index is 347. The van der Waals surface area contributed by atoms with Crippen molar-refractivity contribution in [3.63, 3.8) is 0 Å². The molecule has 2 rings (SSSR count). The predicted molar refractivity (Wildman–Crippen MR) is 59.2 cm³/mol. The SMILES string of the molecule is O=C(NCC1CC1)c1cccc(Br)c1. The molecule has 0 unspecified atom stereocenters. The van der Waals surface area contributed by atoms with Crippen LogP contribution in [0.5, 0.6) is 0 Å². The van der Waals surface area contributed by atoms with Gasteiger partial charge in [0, 0.05) is 16.6 Å². The van der Waals surface area contributed by atoms with E-state index >= 15 is 0 Å². The summed E-state index contributed by atoms with van der Waals surface area (Å²) in [6, 6.07) is 7.45. The van der Waals surface area contributed by atoms with Gasteiger partial charge in [-0.1, -0.05) is 22.0 Å². The van der Waals surface area contributed by atoms with E-state index in [1.807, 2.05) is 24.3 Å². The molecule has 0 aliphatic heterocycles. The van der Waals surface area contributed by atoms with Crippen molar-refractivity contribution < 1.29 is 4.79 Å². The lowest BCUT2D eigenvalue weighted by Crippen LogP contribution is -2.25. The Hall–Kier alpha value is -0.830. The first-order chi connectivity index (χ1) is 6.75. The molecule has 1 fully saturated rings. The molecule has 1 aromatic carbocycles. The normalized spacial score (nSPS) is 15.2. The maximum atomic E-state index is 11.6. The van der Waals surface area contributed by atoms with E-state index in [2.05, 4.69) is 21.2 Å². The third-order valence-corrected chi connectivity index (χ3v) is 2.83. The zero-order valence-electron chi connectivity index (χ0n) is 7.79. The molecule has 14 heavy (non-hydrogen) atoms. The van der Waals surface area contributed by atoms with E-state index < -0.39 is 0 Å². The first kappa shape index (κ1) is 9.71. The molecule has 0 radical (unpaired) electrons. The van der Waals surface area contributed by atoms with Crippen LogP contribution >= 0.6 is 15.9 Å². The fourth-order valence-electron chi connectivity index (χ4n) is 1.29. The second kappa shape index (κ2) is 4.13. The fourth-order valence-corrected chi connectivity index (χ4v) is 1.69. The van der Waals surface area contributed by atoms with Crippen LogP contribution in [0.3, 0.4) is 0 Å². The minimum absolute atomic E-state index is 0.0261. The number of hydrogen-bond acceptors (Lipinski definition) is 1. The zero-order valence-corrected chi connectivity index (χ0v) is 9.38. The number of benzene rings is 1. The van der Waals surface area contributed by atoms with Crippen LogP contribution in [0.1, 0.15) is 23.2 Å². The number of halogens is 1. The van der Waals surface area contributed by atoms with Gasteiger partial charge < -0.3 is 5.32 Å². The molecule has 0 saturated heterocycles. The van der Waals surface area contributed by atoms with Crippen molar-refractivity contribution in [2.75, 3.05) is 6.54 Å². The van der Waals surface area contributed by atoms with Crippen molar-refractivity contribution in [3.05, 3.63) is 34.3 Å². The smallest absolute Gasteiger partial charge is 0.251 e. The molecule has 0 atom stereocenters. The van der Waals surface area contributed by atoms with Crippen LogP contribution in [0.15, 0.2) is 28.7 Å². The molecule has 3 heteroatoms. The Balaban J connectivity index is 1.95. The molecule has 0 aromatic heterocycles. The van der Waals surface area contributed by atoms with Crippen LogP contribution in [-0.4, -0.2) is 12.5 Å². The maximum Gasteiger partial charge on any atom is 0.251 e. The van der Waals surface area contributed by atoms with Crippen molar-refractivity contribution in [1.29, 1.82) is 0 Å². The first-order valence-electron chi connectivity index (χ1n) is 4.79. The van der Waals surface area contributed by atoms with Gasteiger partial charge in [-0.25, -0.2) is 0 Å². The number of amides is 1. The van der Waals surface area contributed by atoms with E-state index in [0.717, 1.165) is 22.5 Å². The molecule has 1 saturated carbocycles. The van der Waals surface area contributed by atoms with Crippen LogP contribution in [0.4, 0.5) is 0 Å². The van der Waals surface area contributed by atoms with Gasteiger partial charge in [0.2, 0.25) is 0 Å². The van der Waals surface area contributed by atoms with Crippen molar-refractivity contribution in [2.24, 2.45) is 5.92 Å². The van der Waals surface area contributed by atoms with Crippen molar-refractivity contribution >= 4 is 21.8 Å². The second-order valence-electron chi connectivity index (χ2n) is 3.66. The summed E-state index contributed by atoms with van der Waals surface area (Å²) in [6.45, 7) is 0.825. The molecular weight excluding hydrogens is 242 g/mol. The van der Waals surface area contributed by atoms with Gasteiger partial charge in [0.15, 0.2) is 0 Å². The third-order valence-electron chi connectivity index (χ3n) is 2.34. The fraction of sp³-hybridized carbons (Fsp3) is 0.364. The summed E-state index contributed by atoms with van der Waals surface area (Å²) >= 11 is 3.34. The standard InChI is InChI=1S/C11H12BrNO/c12-10-3-1-2-9(6-10)11(14)13-7-8-4-5-8/h1-3,6,8H,4-5,7H2,(H,13,14). The molecule has 0 spiro atoms. The molecule has 1 aliphatic rings. The van der Waals surface area contributed by atoms with Gasteiger partial charge in [-0.05, 0) is 37.0 Å². The molecule has 74 valence electrons. The Morgan fingerprint density at radius 2 is 2.29 bits per heavy atom. The predicted octanol–water partition coefficient (Wildman–Crippen LogP) is 2.59. The topological polar surface area (TPSA) is 29.1 Å². The lowest BCUT2D eigenvalue weighted by molar-refractivity contribution is 0.0952. The van der Waals surface area contributed by atoms with Crippen molar-refractivity contribution in [2.45, 2.75) is 12.8 Å². The largest absolute Gasteiger partial charge is 0.352 e. The van der Waals surface area contributed by atoms with E-state index in [0.29, 0.717) is 0 Å². The van der Waals surface area contributed by atoms with E-state index in [1.165, 1.54) is 12.8 Å². The van der Waals surface area contributed by atoms with Crippen molar-refractivity contribution in [3.8, 4) is 0 Å². The quantitative estimate of drug-likeness (QED) is 0.882. The molecule has 0 heterocycles. The van der Waals surface area contributed by atoms with Gasteiger partial charge >= 0.3 is 0 Å². The molecular formula is C11H12BrNO. The van der Waals surface area contributed by atoms with Gasteiger partial charge in [0.25, 0.3) is 5.91 Å². The molecule has 1 aliphatic carbocycles. The van der Waals surface area contributed by atoms with Gasteiger partial charge in [0.1, 0.15) is 0 Å². The highest BCUT2D eigenvalue weighted by atomic mass is 79.9. The average Bonchev–Trinajstić information content (AvgIpc) is 2.97. The average molecular weight is 254 g/mol. The Morgan fingerprint density at radius 1 is 1.50 bits per heavy atom. The highest BCUT2D eigenvalue weighted by Gasteiger charge is 2.21. The van der Waals surface area contributed by atoms with E-state index in [4.69, 9.17) is 0 Å². The number of carbonyl (C=O) groups excluding carboxylic acids is 1. The molecule has 0 bridgehead atoms. The lowest BCUT2D eigenvalue weighted by Gasteiger charge is -2.03. The summed E-state index contributed by atoms with van der Waals surface area (Å²) in [5.74, 6) is 0.754. The third kappa shape index (κ3) is 2.58. The molecule has 1 aromatic rings. The summed E-state index contributed by atoms with van der Waals surface area (Å²) in [4.78, 5) is 11.6. The van der Waals surface area contributed by atoms with Crippen LogP contribution in [0, 0.1) is 5.92 Å². The Kier molecular flexibility index (Phi) is 2.87. The Labute approximate surface area is 91.8 Å². The van der Waals surface area contributed by atoms with E-state index in [9.17, 15) is 4.79 Å². The van der Waals surface area contributed by atoms with Crippen LogP contribution in [0.2, 0.25) is 0 Å². The monoisotopic (exact) mass is 253 g/mol. The highest BCUT2D eigenvalue weighted by molar-refractivity contribution is 9.10. The first-order valence-corrected chi connectivity index (χ1v) is 5.59. The van der Waals surface area contributed by atoms with E-state index in [-0.39, 0.29) is 5.91 Å². The summed E-state index contributed by atoms with van der Waals surface area (Å²) in [5.41, 5.74) is 0.722. The number of rotatable bonds is 3. The van der Waals surface area contributed by atoms with Crippen LogP contribution < -0.4 is 5.32 Å². The summed E-state index contributed by atoms with van der Waals surface area (Å²) < 4.78 is 0.941. The molecule has 2 nitrogen and oxygen atoms in total. The lowest BCUT2D eigenvalue weighted by atomic mass is 10.2. The molecule has 1 N–H and O–H groups in total. The van der Waals surface area contributed by atoms with Gasteiger partial charge in [0.05, 0.1) is 0 Å². The van der Waals surface area contributed by atoms with Gasteiger partial charge in [-0.2, -0.15) is 0 Å². The minimum Gasteiger partial charge on any atom is -0.352 e. The van der Waals surface area contributed by atoms with Crippen LogP contribution in [0.25, 0.3) is 0 Å². The number of carbonyl (C=O) groups is 1. The summed E-state index contributed by atoms with van der Waals surface area (Å²) in [5, 5.41) is 2.93. The zero-order chi connectivity index (χ0) is 9.97. The highest BCUT2D eigenvalue weighted by Crippen LogP contribution is 2.27. The van der Waals surface area contributed by atoms with Gasteiger partial charge in [-0.15, -0.1) is 0 Å². The minimum atomic E-state index is 0.0261. The van der Waals surface area contributed by atoms with E-state index in [1.54, 1.807) is 0 Å². The number of hydrogen-bond donors (Lipinski definition) is 1. The number of nitrogens with one attached hydrogen (secondary N) is 1. The maximum absolute atomic E-state index is 11.6. The van der Waals surface area contributed by atoms with Crippen molar-refractivity contribution in [1.82, 2.24) is 5.32 Å². The summed E-state index contributed by atoms with van der Waals surface area (Å²) in [7, 11) is 0. The van der Waals surface area contributed by atoms with Crippen LogP contribution in [-0.2, 0) is 0 Å².